The first-order chi connectivity index (χ1) is 12.7. The van der Waals surface area contributed by atoms with Crippen molar-refractivity contribution < 1.29 is 9.26 Å². The standard InChI is InChI=1S/C20H22N4O2/c1-3-25-16-10-8-14(9-11-16)17-12-18(23-22-17)20-21-19(24-26-20)15-6-4-13(2)5-7-15/h4-11,17-18,22-23H,3,12H2,1-2H3. The molecule has 6 nitrogen and oxygen atoms in total. The number of benzene rings is 2. The first-order valence-electron chi connectivity index (χ1n) is 8.87. The van der Waals surface area contributed by atoms with Crippen LogP contribution in [0.15, 0.2) is 53.1 Å². The highest BCUT2D eigenvalue weighted by Gasteiger charge is 2.30. The van der Waals surface area contributed by atoms with E-state index in [2.05, 4.69) is 40.0 Å². The highest BCUT2D eigenvalue weighted by atomic mass is 16.5. The van der Waals surface area contributed by atoms with Crippen LogP contribution in [0.2, 0.25) is 0 Å². The van der Waals surface area contributed by atoms with Gasteiger partial charge in [-0.15, -0.1) is 0 Å². The zero-order chi connectivity index (χ0) is 17.9. The molecule has 134 valence electrons. The van der Waals surface area contributed by atoms with Crippen LogP contribution >= 0.6 is 0 Å². The maximum absolute atomic E-state index is 5.50. The number of nitrogens with zero attached hydrogens (tertiary/aromatic N) is 2. The molecule has 1 saturated heterocycles. The summed E-state index contributed by atoms with van der Waals surface area (Å²) in [5, 5.41) is 4.12. The Kier molecular flexibility index (Phi) is 4.69. The van der Waals surface area contributed by atoms with E-state index in [1.165, 1.54) is 11.1 Å². The fraction of sp³-hybridized carbons (Fsp3) is 0.300. The van der Waals surface area contributed by atoms with Gasteiger partial charge in [-0.3, -0.25) is 0 Å². The topological polar surface area (TPSA) is 72.2 Å². The molecule has 0 amide bonds. The summed E-state index contributed by atoms with van der Waals surface area (Å²) in [4.78, 5) is 4.56. The molecule has 4 rings (SSSR count). The van der Waals surface area contributed by atoms with E-state index in [9.17, 15) is 0 Å². The molecule has 0 bridgehead atoms. The first kappa shape index (κ1) is 16.8. The van der Waals surface area contributed by atoms with Crippen molar-refractivity contribution in [3.8, 4) is 17.1 Å². The number of rotatable bonds is 5. The highest BCUT2D eigenvalue weighted by molar-refractivity contribution is 5.54. The Morgan fingerprint density at radius 3 is 2.50 bits per heavy atom. The molecule has 26 heavy (non-hydrogen) atoms. The third-order valence-electron chi connectivity index (χ3n) is 4.55. The lowest BCUT2D eigenvalue weighted by atomic mass is 10.0. The van der Waals surface area contributed by atoms with Gasteiger partial charge in [-0.2, -0.15) is 4.98 Å². The Bertz CT molecular complexity index is 858. The van der Waals surface area contributed by atoms with Crippen LogP contribution in [-0.4, -0.2) is 16.7 Å². The molecule has 0 saturated carbocycles. The maximum atomic E-state index is 5.50. The van der Waals surface area contributed by atoms with Gasteiger partial charge in [-0.1, -0.05) is 47.1 Å². The van der Waals surface area contributed by atoms with Crippen LogP contribution in [-0.2, 0) is 0 Å². The molecule has 0 aliphatic carbocycles. The van der Waals surface area contributed by atoms with E-state index < -0.39 is 0 Å². The fourth-order valence-electron chi connectivity index (χ4n) is 3.10. The average molecular weight is 350 g/mol. The Hall–Kier alpha value is -2.70. The molecule has 0 spiro atoms. The summed E-state index contributed by atoms with van der Waals surface area (Å²) in [6.07, 6.45) is 0.837. The molecule has 2 N–H and O–H groups in total. The Morgan fingerprint density at radius 2 is 1.77 bits per heavy atom. The number of hydrazine groups is 1. The average Bonchev–Trinajstić information content (AvgIpc) is 3.33. The number of aryl methyl sites for hydroxylation is 1. The maximum Gasteiger partial charge on any atom is 0.245 e. The first-order valence-corrected chi connectivity index (χ1v) is 8.87. The lowest BCUT2D eigenvalue weighted by Gasteiger charge is -2.10. The van der Waals surface area contributed by atoms with Gasteiger partial charge in [0.05, 0.1) is 6.61 Å². The van der Waals surface area contributed by atoms with E-state index in [1.54, 1.807) is 0 Å². The van der Waals surface area contributed by atoms with Gasteiger partial charge in [0.1, 0.15) is 11.8 Å². The molecule has 2 aromatic carbocycles. The van der Waals surface area contributed by atoms with Crippen molar-refractivity contribution in [1.82, 2.24) is 21.0 Å². The van der Waals surface area contributed by atoms with Gasteiger partial charge in [-0.05, 0) is 38.0 Å². The van der Waals surface area contributed by atoms with Crippen molar-refractivity contribution >= 4 is 0 Å². The molecule has 6 heteroatoms. The van der Waals surface area contributed by atoms with Crippen molar-refractivity contribution in [1.29, 1.82) is 0 Å². The van der Waals surface area contributed by atoms with Crippen LogP contribution in [0, 0.1) is 6.92 Å². The van der Waals surface area contributed by atoms with Crippen LogP contribution in [0.3, 0.4) is 0 Å². The minimum absolute atomic E-state index is 0.0155. The summed E-state index contributed by atoms with van der Waals surface area (Å²) >= 11 is 0. The summed E-state index contributed by atoms with van der Waals surface area (Å²) in [7, 11) is 0. The van der Waals surface area contributed by atoms with Crippen LogP contribution in [0.5, 0.6) is 5.75 Å². The van der Waals surface area contributed by atoms with Crippen LogP contribution in [0.4, 0.5) is 0 Å². The molecule has 2 unspecified atom stereocenters. The summed E-state index contributed by atoms with van der Waals surface area (Å²) in [6.45, 7) is 4.71. The molecular weight excluding hydrogens is 328 g/mol. The van der Waals surface area contributed by atoms with E-state index in [-0.39, 0.29) is 12.1 Å². The summed E-state index contributed by atoms with van der Waals surface area (Å²) in [6, 6.07) is 16.4. The van der Waals surface area contributed by atoms with Crippen molar-refractivity contribution in [3.63, 3.8) is 0 Å². The second-order valence-electron chi connectivity index (χ2n) is 6.45. The summed E-state index contributed by atoms with van der Waals surface area (Å²) < 4.78 is 11.0. The predicted octanol–water partition coefficient (Wildman–Crippen LogP) is 3.72. The third kappa shape index (κ3) is 3.47. The van der Waals surface area contributed by atoms with E-state index in [0.29, 0.717) is 18.3 Å². The minimum atomic E-state index is -0.0155. The second-order valence-corrected chi connectivity index (χ2v) is 6.45. The lowest BCUT2D eigenvalue weighted by Crippen LogP contribution is -2.26. The van der Waals surface area contributed by atoms with E-state index in [4.69, 9.17) is 9.26 Å². The number of hydrogen-bond acceptors (Lipinski definition) is 6. The van der Waals surface area contributed by atoms with Crippen molar-refractivity contribution in [3.05, 3.63) is 65.5 Å². The van der Waals surface area contributed by atoms with Crippen molar-refractivity contribution in [2.75, 3.05) is 6.61 Å². The quantitative estimate of drug-likeness (QED) is 0.731. The van der Waals surface area contributed by atoms with Gasteiger partial charge in [-0.25, -0.2) is 10.9 Å². The van der Waals surface area contributed by atoms with Crippen molar-refractivity contribution in [2.24, 2.45) is 0 Å². The molecule has 1 aliphatic rings. The number of ether oxygens (including phenoxy) is 1. The fourth-order valence-corrected chi connectivity index (χ4v) is 3.10. The van der Waals surface area contributed by atoms with Gasteiger partial charge in [0.25, 0.3) is 0 Å². The zero-order valence-corrected chi connectivity index (χ0v) is 14.9. The molecule has 2 heterocycles. The molecular formula is C20H22N4O2. The van der Waals surface area contributed by atoms with E-state index in [1.807, 2.05) is 43.3 Å². The number of aromatic nitrogens is 2. The normalized spacial score (nSPS) is 19.6. The predicted molar refractivity (Wildman–Crippen MR) is 98.5 cm³/mol. The monoisotopic (exact) mass is 350 g/mol. The van der Waals surface area contributed by atoms with Crippen LogP contribution in [0.1, 0.15) is 42.4 Å². The smallest absolute Gasteiger partial charge is 0.245 e. The minimum Gasteiger partial charge on any atom is -0.494 e. The Morgan fingerprint density at radius 1 is 1.04 bits per heavy atom. The lowest BCUT2D eigenvalue weighted by molar-refractivity contribution is 0.339. The number of hydrogen-bond donors (Lipinski definition) is 2. The van der Waals surface area contributed by atoms with Gasteiger partial charge in [0, 0.05) is 11.6 Å². The van der Waals surface area contributed by atoms with Crippen LogP contribution in [0.25, 0.3) is 11.4 Å². The zero-order valence-electron chi connectivity index (χ0n) is 14.9. The second kappa shape index (κ2) is 7.27. The molecule has 1 fully saturated rings. The molecule has 1 aromatic heterocycles. The van der Waals surface area contributed by atoms with Crippen molar-refractivity contribution in [2.45, 2.75) is 32.4 Å². The molecule has 1 aliphatic heterocycles. The van der Waals surface area contributed by atoms with Gasteiger partial charge in [0.2, 0.25) is 11.7 Å². The van der Waals surface area contributed by atoms with Gasteiger partial charge < -0.3 is 9.26 Å². The largest absolute Gasteiger partial charge is 0.494 e. The van der Waals surface area contributed by atoms with E-state index in [0.717, 1.165) is 17.7 Å². The van der Waals surface area contributed by atoms with Gasteiger partial charge >= 0.3 is 0 Å². The molecule has 2 atom stereocenters. The third-order valence-corrected chi connectivity index (χ3v) is 4.55. The highest BCUT2D eigenvalue weighted by Crippen LogP contribution is 2.31. The Labute approximate surface area is 152 Å². The Balaban J connectivity index is 1.44. The summed E-state index contributed by atoms with van der Waals surface area (Å²) in [5.74, 6) is 2.10. The van der Waals surface area contributed by atoms with E-state index >= 15 is 0 Å². The summed E-state index contributed by atoms with van der Waals surface area (Å²) in [5.41, 5.74) is 9.93. The SMILES string of the molecule is CCOc1ccc(C2CC(c3nc(-c4ccc(C)cc4)no3)NN2)cc1. The number of nitrogens with one attached hydrogen (secondary N) is 2. The van der Waals surface area contributed by atoms with Gasteiger partial charge in [0.15, 0.2) is 0 Å². The van der Waals surface area contributed by atoms with Crippen LogP contribution < -0.4 is 15.6 Å². The molecule has 0 radical (unpaired) electrons. The molecule has 3 aromatic rings.